The number of ether oxygens (including phenoxy) is 1. The summed E-state index contributed by atoms with van der Waals surface area (Å²) in [5.74, 6) is -0.359. The molecule has 2 amide bonds. The zero-order valence-electron chi connectivity index (χ0n) is 16.2. The van der Waals surface area contributed by atoms with E-state index in [1.807, 2.05) is 56.3 Å². The van der Waals surface area contributed by atoms with E-state index in [0.29, 0.717) is 31.0 Å². The largest absolute Gasteiger partial charge is 0.374 e. The molecule has 0 unspecified atom stereocenters. The molecule has 28 heavy (non-hydrogen) atoms. The molecular weight excluding hydrogens is 354 g/mol. The Labute approximate surface area is 165 Å². The highest BCUT2D eigenvalue weighted by molar-refractivity contribution is 6.40. The fraction of sp³-hybridized carbons (Fsp3) is 0.318. The van der Waals surface area contributed by atoms with Gasteiger partial charge in [0.25, 0.3) is 5.91 Å². The molecule has 2 aromatic carbocycles. The smallest absolute Gasteiger partial charge is 0.267 e. The fourth-order valence-electron chi connectivity index (χ4n) is 2.79. The van der Waals surface area contributed by atoms with Gasteiger partial charge >= 0.3 is 0 Å². The molecule has 0 fully saturated rings. The molecule has 1 N–H and O–H groups in total. The zero-order valence-corrected chi connectivity index (χ0v) is 16.2. The first kappa shape index (κ1) is 19.8. The van der Waals surface area contributed by atoms with Gasteiger partial charge in [-0.15, -0.1) is 0 Å². The van der Waals surface area contributed by atoms with Crippen molar-refractivity contribution in [2.75, 3.05) is 5.01 Å². The van der Waals surface area contributed by atoms with Crippen LogP contribution in [0.1, 0.15) is 37.8 Å². The first-order valence-corrected chi connectivity index (χ1v) is 9.46. The van der Waals surface area contributed by atoms with E-state index < -0.39 is 0 Å². The minimum Gasteiger partial charge on any atom is -0.374 e. The van der Waals surface area contributed by atoms with Gasteiger partial charge in [-0.2, -0.15) is 5.10 Å². The third-order valence-electron chi connectivity index (χ3n) is 4.35. The Balaban J connectivity index is 1.59. The van der Waals surface area contributed by atoms with Crippen LogP contribution in [-0.2, 0) is 27.5 Å². The van der Waals surface area contributed by atoms with E-state index >= 15 is 0 Å². The maximum atomic E-state index is 12.5. The number of para-hydroxylation sites is 1. The molecule has 0 aromatic heterocycles. The minimum atomic E-state index is -0.249. The average Bonchev–Trinajstić information content (AvgIpc) is 2.72. The van der Waals surface area contributed by atoms with Gasteiger partial charge in [0, 0.05) is 19.4 Å². The van der Waals surface area contributed by atoms with E-state index in [-0.39, 0.29) is 24.3 Å². The number of nitrogens with zero attached hydrogens (tertiary/aromatic N) is 2. The Morgan fingerprint density at radius 3 is 2.43 bits per heavy atom. The first-order valence-electron chi connectivity index (χ1n) is 9.46. The minimum absolute atomic E-state index is 0.109. The van der Waals surface area contributed by atoms with Gasteiger partial charge in [-0.3, -0.25) is 9.59 Å². The molecule has 3 rings (SSSR count). The van der Waals surface area contributed by atoms with Crippen molar-refractivity contribution in [3.8, 4) is 0 Å². The highest BCUT2D eigenvalue weighted by Gasteiger charge is 2.25. The molecule has 0 bridgehead atoms. The van der Waals surface area contributed by atoms with E-state index in [0.717, 1.165) is 11.1 Å². The number of rotatable bonds is 7. The molecule has 0 saturated heterocycles. The normalized spacial score (nSPS) is 14.2. The number of nitrogens with one attached hydrogen (secondary N) is 1. The zero-order chi connectivity index (χ0) is 19.9. The lowest BCUT2D eigenvalue weighted by Crippen LogP contribution is -2.38. The summed E-state index contributed by atoms with van der Waals surface area (Å²) in [6.07, 6.45) is 0.808. The van der Waals surface area contributed by atoms with Crippen LogP contribution in [0.2, 0.25) is 0 Å². The summed E-state index contributed by atoms with van der Waals surface area (Å²) in [6, 6.07) is 17.1. The predicted molar refractivity (Wildman–Crippen MR) is 109 cm³/mol. The molecule has 1 aliphatic rings. The van der Waals surface area contributed by atoms with Gasteiger partial charge < -0.3 is 10.1 Å². The highest BCUT2D eigenvalue weighted by atomic mass is 16.5. The second kappa shape index (κ2) is 9.28. The standard InChI is InChI=1S/C22H25N3O3/c1-16(2)28-15-18-10-8-17(9-11-18)14-23-22(27)20-12-13-21(26)25(24-20)19-6-4-3-5-7-19/h3-11,16H,12-15H2,1-2H3,(H,23,27). The van der Waals surface area contributed by atoms with Gasteiger partial charge in [0.2, 0.25) is 5.91 Å². The molecule has 0 atom stereocenters. The molecule has 2 aromatic rings. The number of carbonyl (C=O) groups excluding carboxylic acids is 2. The fourth-order valence-corrected chi connectivity index (χ4v) is 2.79. The second-order valence-corrected chi connectivity index (χ2v) is 6.95. The van der Waals surface area contributed by atoms with E-state index in [1.165, 1.54) is 5.01 Å². The lowest BCUT2D eigenvalue weighted by atomic mass is 10.1. The van der Waals surface area contributed by atoms with E-state index in [1.54, 1.807) is 12.1 Å². The monoisotopic (exact) mass is 379 g/mol. The summed E-state index contributed by atoms with van der Waals surface area (Å²) in [5, 5.41) is 8.47. The number of hydrogen-bond acceptors (Lipinski definition) is 4. The summed E-state index contributed by atoms with van der Waals surface area (Å²) in [5.41, 5.74) is 3.12. The first-order chi connectivity index (χ1) is 13.5. The van der Waals surface area contributed by atoms with E-state index in [9.17, 15) is 9.59 Å². The lowest BCUT2D eigenvalue weighted by Gasteiger charge is -2.23. The Hall–Kier alpha value is -2.99. The molecule has 1 heterocycles. The highest BCUT2D eigenvalue weighted by Crippen LogP contribution is 2.19. The van der Waals surface area contributed by atoms with Crippen LogP contribution in [0.4, 0.5) is 5.69 Å². The number of hydrazone groups is 1. The number of carbonyl (C=O) groups is 2. The summed E-state index contributed by atoms with van der Waals surface area (Å²) >= 11 is 0. The Bertz CT molecular complexity index is 845. The maximum absolute atomic E-state index is 12.5. The van der Waals surface area contributed by atoms with Crippen LogP contribution in [0.15, 0.2) is 59.7 Å². The quantitative estimate of drug-likeness (QED) is 0.801. The maximum Gasteiger partial charge on any atom is 0.267 e. The summed E-state index contributed by atoms with van der Waals surface area (Å²) in [4.78, 5) is 24.6. The molecule has 0 saturated carbocycles. The molecule has 146 valence electrons. The molecule has 0 radical (unpaired) electrons. The Morgan fingerprint density at radius 2 is 1.75 bits per heavy atom. The van der Waals surface area contributed by atoms with Crippen LogP contribution in [0.5, 0.6) is 0 Å². The number of hydrogen-bond donors (Lipinski definition) is 1. The predicted octanol–water partition coefficient (Wildman–Crippen LogP) is 3.41. The van der Waals surface area contributed by atoms with Crippen molar-refractivity contribution >= 4 is 23.2 Å². The number of anilines is 1. The van der Waals surface area contributed by atoms with Crippen LogP contribution < -0.4 is 10.3 Å². The molecule has 6 heteroatoms. The molecule has 6 nitrogen and oxygen atoms in total. The van der Waals surface area contributed by atoms with Crippen molar-refractivity contribution in [2.24, 2.45) is 5.10 Å². The summed E-state index contributed by atoms with van der Waals surface area (Å²) in [6.45, 7) is 4.99. The van der Waals surface area contributed by atoms with Crippen LogP contribution in [0.25, 0.3) is 0 Å². The molecule has 0 aliphatic carbocycles. The third kappa shape index (κ3) is 5.27. The van der Waals surface area contributed by atoms with Crippen molar-refractivity contribution in [3.05, 3.63) is 65.7 Å². The van der Waals surface area contributed by atoms with Crippen LogP contribution in [-0.4, -0.2) is 23.6 Å². The van der Waals surface area contributed by atoms with Crippen molar-refractivity contribution in [3.63, 3.8) is 0 Å². The molecule has 1 aliphatic heterocycles. The second-order valence-electron chi connectivity index (χ2n) is 6.95. The van der Waals surface area contributed by atoms with Gasteiger partial charge in [-0.25, -0.2) is 5.01 Å². The lowest BCUT2D eigenvalue weighted by molar-refractivity contribution is -0.119. The summed E-state index contributed by atoms with van der Waals surface area (Å²) < 4.78 is 5.58. The molecule has 0 spiro atoms. The molecular formula is C22H25N3O3. The van der Waals surface area contributed by atoms with Crippen LogP contribution in [0, 0.1) is 0 Å². The topological polar surface area (TPSA) is 71.0 Å². The summed E-state index contributed by atoms with van der Waals surface area (Å²) in [7, 11) is 0. The number of amides is 2. The van der Waals surface area contributed by atoms with Crippen molar-refractivity contribution < 1.29 is 14.3 Å². The van der Waals surface area contributed by atoms with E-state index in [2.05, 4.69) is 10.4 Å². The van der Waals surface area contributed by atoms with Gasteiger partial charge in [-0.05, 0) is 37.1 Å². The third-order valence-corrected chi connectivity index (χ3v) is 4.35. The Morgan fingerprint density at radius 1 is 1.07 bits per heavy atom. The van der Waals surface area contributed by atoms with Gasteiger partial charge in [0.15, 0.2) is 0 Å². The van der Waals surface area contributed by atoms with Crippen LogP contribution >= 0.6 is 0 Å². The number of benzene rings is 2. The van der Waals surface area contributed by atoms with Crippen LogP contribution in [0.3, 0.4) is 0 Å². The van der Waals surface area contributed by atoms with Gasteiger partial charge in [0.05, 0.1) is 18.4 Å². The van der Waals surface area contributed by atoms with Crippen molar-refractivity contribution in [1.29, 1.82) is 0 Å². The van der Waals surface area contributed by atoms with E-state index in [4.69, 9.17) is 4.74 Å². The SMILES string of the molecule is CC(C)OCc1ccc(CNC(=O)C2=NN(c3ccccc3)C(=O)CC2)cc1. The van der Waals surface area contributed by atoms with Gasteiger partial charge in [-0.1, -0.05) is 42.5 Å². The van der Waals surface area contributed by atoms with Crippen molar-refractivity contribution in [1.82, 2.24) is 5.32 Å². The average molecular weight is 379 g/mol. The van der Waals surface area contributed by atoms with Crippen molar-refractivity contribution in [2.45, 2.75) is 45.9 Å². The Kier molecular flexibility index (Phi) is 6.55. The van der Waals surface area contributed by atoms with Gasteiger partial charge in [0.1, 0.15) is 5.71 Å².